The molecule has 0 aromatic carbocycles. The van der Waals surface area contributed by atoms with Crippen LogP contribution in [0.5, 0.6) is 0 Å². The summed E-state index contributed by atoms with van der Waals surface area (Å²) in [6, 6.07) is 4.54. The third-order valence-electron chi connectivity index (χ3n) is 3.33. The van der Waals surface area contributed by atoms with Gasteiger partial charge in [-0.2, -0.15) is 0 Å². The molecule has 0 unspecified atom stereocenters. The first kappa shape index (κ1) is 13.1. The summed E-state index contributed by atoms with van der Waals surface area (Å²) in [4.78, 5) is 4.63. The highest BCUT2D eigenvalue weighted by Gasteiger charge is 2.26. The number of furan rings is 1. The normalized spacial score (nSPS) is 14.7. The minimum absolute atomic E-state index is 0.611. The Morgan fingerprint density at radius 1 is 1.43 bits per heavy atom. The van der Waals surface area contributed by atoms with Gasteiger partial charge in [0.15, 0.2) is 15.9 Å². The van der Waals surface area contributed by atoms with Crippen molar-refractivity contribution in [3.63, 3.8) is 0 Å². The van der Waals surface area contributed by atoms with Crippen LogP contribution in [0.2, 0.25) is 0 Å². The van der Waals surface area contributed by atoms with Crippen molar-refractivity contribution < 1.29 is 4.42 Å². The molecule has 4 rings (SSSR count). The van der Waals surface area contributed by atoms with Crippen LogP contribution < -0.4 is 0 Å². The minimum Gasteiger partial charge on any atom is -0.459 e. The van der Waals surface area contributed by atoms with Crippen molar-refractivity contribution in [2.45, 2.75) is 36.7 Å². The van der Waals surface area contributed by atoms with Gasteiger partial charge in [0.2, 0.25) is 0 Å². The molecule has 0 N–H and O–H groups in total. The molecule has 3 aromatic heterocycles. The van der Waals surface area contributed by atoms with E-state index >= 15 is 0 Å². The van der Waals surface area contributed by atoms with Gasteiger partial charge in [-0.05, 0) is 31.9 Å². The molecule has 1 aliphatic rings. The number of thiazole rings is 1. The first-order valence-electron chi connectivity index (χ1n) is 6.83. The molecule has 1 saturated carbocycles. The zero-order valence-corrected chi connectivity index (χ0v) is 13.2. The van der Waals surface area contributed by atoms with E-state index in [1.807, 2.05) is 25.4 Å². The molecule has 0 atom stereocenters. The number of rotatable bonds is 5. The average molecular weight is 318 g/mol. The smallest absolute Gasteiger partial charge is 0.191 e. The molecule has 0 spiro atoms. The molecule has 3 aromatic rings. The standard InChI is InChI=1S/C14H14N4OS2/c1-9-2-5-12(19-9)13-16-10(6-20-13)7-21-14-17-15-8-18(14)11-3-4-11/h2,5-6,8,11H,3-4,7H2,1H3. The largest absolute Gasteiger partial charge is 0.459 e. The number of aryl methyl sites for hydroxylation is 1. The first-order valence-corrected chi connectivity index (χ1v) is 8.69. The summed E-state index contributed by atoms with van der Waals surface area (Å²) < 4.78 is 7.78. The molecule has 0 radical (unpaired) electrons. The van der Waals surface area contributed by atoms with Crippen LogP contribution in [0.3, 0.4) is 0 Å². The fourth-order valence-corrected chi connectivity index (χ4v) is 3.87. The zero-order chi connectivity index (χ0) is 14.2. The Balaban J connectivity index is 1.45. The van der Waals surface area contributed by atoms with E-state index in [0.29, 0.717) is 6.04 Å². The van der Waals surface area contributed by atoms with Gasteiger partial charge >= 0.3 is 0 Å². The van der Waals surface area contributed by atoms with E-state index in [2.05, 4.69) is 25.1 Å². The van der Waals surface area contributed by atoms with Crippen LogP contribution in [0.1, 0.15) is 30.3 Å². The monoisotopic (exact) mass is 318 g/mol. The van der Waals surface area contributed by atoms with Crippen LogP contribution in [0.15, 0.2) is 33.4 Å². The van der Waals surface area contributed by atoms with Crippen molar-refractivity contribution in [1.82, 2.24) is 19.7 Å². The second-order valence-corrected chi connectivity index (χ2v) is 6.90. The average Bonchev–Trinajstić information content (AvgIpc) is 2.92. The van der Waals surface area contributed by atoms with Crippen LogP contribution >= 0.6 is 23.1 Å². The summed E-state index contributed by atoms with van der Waals surface area (Å²) in [5.74, 6) is 2.56. The van der Waals surface area contributed by atoms with Gasteiger partial charge in [0, 0.05) is 17.2 Å². The van der Waals surface area contributed by atoms with Crippen LogP contribution in [-0.2, 0) is 5.75 Å². The molecule has 0 saturated heterocycles. The van der Waals surface area contributed by atoms with Gasteiger partial charge in [-0.3, -0.25) is 0 Å². The Hall–Kier alpha value is -1.60. The number of aromatic nitrogens is 4. The molecule has 1 aliphatic carbocycles. The fourth-order valence-electron chi connectivity index (χ4n) is 2.11. The highest BCUT2D eigenvalue weighted by atomic mass is 32.2. The molecule has 0 amide bonds. The zero-order valence-electron chi connectivity index (χ0n) is 11.5. The molecule has 0 bridgehead atoms. The van der Waals surface area contributed by atoms with Gasteiger partial charge < -0.3 is 8.98 Å². The number of hydrogen-bond donors (Lipinski definition) is 0. The SMILES string of the molecule is Cc1ccc(-c2nc(CSc3nncn3C3CC3)cs2)o1. The summed E-state index contributed by atoms with van der Waals surface area (Å²) in [5.41, 5.74) is 1.06. The summed E-state index contributed by atoms with van der Waals surface area (Å²) in [7, 11) is 0. The lowest BCUT2D eigenvalue weighted by Crippen LogP contribution is -1.94. The fraction of sp³-hybridized carbons (Fsp3) is 0.357. The minimum atomic E-state index is 0.611. The summed E-state index contributed by atoms with van der Waals surface area (Å²) in [5, 5.41) is 12.2. The van der Waals surface area contributed by atoms with Crippen molar-refractivity contribution in [3.05, 3.63) is 35.3 Å². The van der Waals surface area contributed by atoms with Gasteiger partial charge in [-0.15, -0.1) is 21.5 Å². The maximum absolute atomic E-state index is 5.61. The molecule has 108 valence electrons. The van der Waals surface area contributed by atoms with Crippen LogP contribution in [0.4, 0.5) is 0 Å². The van der Waals surface area contributed by atoms with E-state index in [1.165, 1.54) is 12.8 Å². The molecular weight excluding hydrogens is 304 g/mol. The van der Waals surface area contributed by atoms with Crippen LogP contribution in [0, 0.1) is 6.92 Å². The second kappa shape index (κ2) is 5.31. The quantitative estimate of drug-likeness (QED) is 0.667. The van der Waals surface area contributed by atoms with E-state index in [-0.39, 0.29) is 0 Å². The summed E-state index contributed by atoms with van der Waals surface area (Å²) in [6.07, 6.45) is 4.31. The van der Waals surface area contributed by atoms with Crippen LogP contribution in [-0.4, -0.2) is 19.7 Å². The number of nitrogens with zero attached hydrogens (tertiary/aromatic N) is 4. The van der Waals surface area contributed by atoms with Crippen molar-refractivity contribution >= 4 is 23.1 Å². The van der Waals surface area contributed by atoms with E-state index in [4.69, 9.17) is 4.42 Å². The second-order valence-electron chi connectivity index (χ2n) is 5.09. The predicted octanol–water partition coefficient (Wildman–Crippen LogP) is 3.93. The molecule has 3 heterocycles. The lowest BCUT2D eigenvalue weighted by molar-refractivity contribution is 0.548. The van der Waals surface area contributed by atoms with Gasteiger partial charge in [-0.1, -0.05) is 11.8 Å². The van der Waals surface area contributed by atoms with Gasteiger partial charge in [0.05, 0.1) is 5.69 Å². The molecule has 7 heteroatoms. The van der Waals surface area contributed by atoms with Gasteiger partial charge in [0.1, 0.15) is 12.1 Å². The Bertz CT molecular complexity index is 756. The van der Waals surface area contributed by atoms with Crippen molar-refractivity contribution in [3.8, 4) is 10.8 Å². The molecule has 0 aliphatic heterocycles. The molecule has 21 heavy (non-hydrogen) atoms. The third-order valence-corrected chi connectivity index (χ3v) is 5.23. The highest BCUT2D eigenvalue weighted by molar-refractivity contribution is 7.98. The lowest BCUT2D eigenvalue weighted by atomic mass is 10.4. The van der Waals surface area contributed by atoms with E-state index < -0.39 is 0 Å². The van der Waals surface area contributed by atoms with Crippen molar-refractivity contribution in [2.24, 2.45) is 0 Å². The first-order chi connectivity index (χ1) is 10.3. The predicted molar refractivity (Wildman–Crippen MR) is 82.4 cm³/mol. The molecular formula is C14H14N4OS2. The summed E-state index contributed by atoms with van der Waals surface area (Å²) >= 11 is 3.31. The van der Waals surface area contributed by atoms with E-state index in [0.717, 1.165) is 33.1 Å². The Kier molecular flexibility index (Phi) is 3.31. The Morgan fingerprint density at radius 2 is 2.33 bits per heavy atom. The molecule has 5 nitrogen and oxygen atoms in total. The Morgan fingerprint density at radius 3 is 3.10 bits per heavy atom. The van der Waals surface area contributed by atoms with Gasteiger partial charge in [0.25, 0.3) is 0 Å². The van der Waals surface area contributed by atoms with Crippen molar-refractivity contribution in [2.75, 3.05) is 0 Å². The summed E-state index contributed by atoms with van der Waals surface area (Å²) in [6.45, 7) is 1.94. The third kappa shape index (κ3) is 2.75. The highest BCUT2D eigenvalue weighted by Crippen LogP contribution is 2.38. The molecule has 1 fully saturated rings. The number of thioether (sulfide) groups is 1. The van der Waals surface area contributed by atoms with E-state index in [9.17, 15) is 0 Å². The Labute approximate surface area is 130 Å². The van der Waals surface area contributed by atoms with E-state index in [1.54, 1.807) is 23.1 Å². The maximum Gasteiger partial charge on any atom is 0.191 e. The topological polar surface area (TPSA) is 56.7 Å². The maximum atomic E-state index is 5.61. The lowest BCUT2D eigenvalue weighted by Gasteiger charge is -2.02. The van der Waals surface area contributed by atoms with Gasteiger partial charge in [-0.25, -0.2) is 4.98 Å². The van der Waals surface area contributed by atoms with Crippen LogP contribution in [0.25, 0.3) is 10.8 Å². The number of hydrogen-bond acceptors (Lipinski definition) is 6. The van der Waals surface area contributed by atoms with Crippen molar-refractivity contribution in [1.29, 1.82) is 0 Å².